The largest absolute Gasteiger partial charge is 0.366 e. The first-order valence-electron chi connectivity index (χ1n) is 6.44. The Morgan fingerprint density at radius 3 is 3.00 bits per heavy atom. The van der Waals surface area contributed by atoms with Crippen LogP contribution in [0.1, 0.15) is 25.3 Å². The Labute approximate surface area is 113 Å². The second kappa shape index (κ2) is 6.08. The average molecular weight is 264 g/mol. The molecule has 1 atom stereocenters. The molecule has 0 saturated carbocycles. The number of rotatable bonds is 3. The molecule has 0 radical (unpaired) electrons. The molecule has 1 saturated heterocycles. The summed E-state index contributed by atoms with van der Waals surface area (Å²) in [6, 6.07) is 8.35. The third kappa shape index (κ3) is 2.60. The first-order valence-corrected chi connectivity index (χ1v) is 6.81. The van der Waals surface area contributed by atoms with Crippen molar-refractivity contribution in [3.63, 3.8) is 0 Å². The highest BCUT2D eigenvalue weighted by Crippen LogP contribution is 2.29. The molecule has 1 aliphatic heterocycles. The SMILES string of the molecule is CCN(c1cccc(Cl)c1C#N)C1CCCNC1. The van der Waals surface area contributed by atoms with E-state index in [9.17, 15) is 5.26 Å². The number of likely N-dealkylation sites (N-methyl/N-ethyl adjacent to an activating group) is 1. The Morgan fingerprint density at radius 2 is 2.39 bits per heavy atom. The number of hydrogen-bond acceptors (Lipinski definition) is 3. The topological polar surface area (TPSA) is 39.1 Å². The average Bonchev–Trinajstić information content (AvgIpc) is 2.41. The molecule has 2 rings (SSSR count). The van der Waals surface area contributed by atoms with Gasteiger partial charge in [-0.1, -0.05) is 17.7 Å². The van der Waals surface area contributed by atoms with Gasteiger partial charge >= 0.3 is 0 Å². The molecule has 96 valence electrons. The van der Waals surface area contributed by atoms with Crippen LogP contribution in [-0.4, -0.2) is 25.7 Å². The maximum atomic E-state index is 9.27. The summed E-state index contributed by atoms with van der Waals surface area (Å²) in [5, 5.41) is 13.2. The summed E-state index contributed by atoms with van der Waals surface area (Å²) in [5.74, 6) is 0. The summed E-state index contributed by atoms with van der Waals surface area (Å²) >= 11 is 6.10. The van der Waals surface area contributed by atoms with E-state index in [0.29, 0.717) is 16.6 Å². The van der Waals surface area contributed by atoms with E-state index in [0.717, 1.165) is 31.7 Å². The summed E-state index contributed by atoms with van der Waals surface area (Å²) < 4.78 is 0. The highest BCUT2D eigenvalue weighted by Gasteiger charge is 2.22. The molecule has 1 unspecified atom stereocenters. The van der Waals surface area contributed by atoms with E-state index in [1.807, 2.05) is 12.1 Å². The second-order valence-corrected chi connectivity index (χ2v) is 4.94. The Morgan fingerprint density at radius 1 is 1.56 bits per heavy atom. The second-order valence-electron chi connectivity index (χ2n) is 4.53. The van der Waals surface area contributed by atoms with Gasteiger partial charge in [-0.25, -0.2) is 0 Å². The molecule has 0 aliphatic carbocycles. The first-order chi connectivity index (χ1) is 8.77. The predicted octanol–water partition coefficient (Wildman–Crippen LogP) is 2.79. The van der Waals surface area contributed by atoms with Gasteiger partial charge in [0.05, 0.1) is 16.3 Å². The number of anilines is 1. The third-order valence-electron chi connectivity index (χ3n) is 3.47. The predicted molar refractivity (Wildman–Crippen MR) is 75.1 cm³/mol. The van der Waals surface area contributed by atoms with Crippen molar-refractivity contribution < 1.29 is 0 Å². The zero-order valence-corrected chi connectivity index (χ0v) is 11.4. The minimum absolute atomic E-state index is 0.453. The van der Waals surface area contributed by atoms with Gasteiger partial charge in [0.2, 0.25) is 0 Å². The molecule has 0 aromatic heterocycles. The number of benzene rings is 1. The molecule has 1 aromatic rings. The van der Waals surface area contributed by atoms with Crippen LogP contribution >= 0.6 is 11.6 Å². The first kappa shape index (κ1) is 13.2. The van der Waals surface area contributed by atoms with Crippen LogP contribution in [0.25, 0.3) is 0 Å². The van der Waals surface area contributed by atoms with Gasteiger partial charge in [0.1, 0.15) is 6.07 Å². The van der Waals surface area contributed by atoms with Crippen molar-refractivity contribution in [1.29, 1.82) is 5.26 Å². The number of piperidine rings is 1. The van der Waals surface area contributed by atoms with Gasteiger partial charge in [-0.15, -0.1) is 0 Å². The molecule has 0 spiro atoms. The Balaban J connectivity index is 2.32. The van der Waals surface area contributed by atoms with Crippen molar-refractivity contribution in [3.8, 4) is 6.07 Å². The maximum absolute atomic E-state index is 9.27. The van der Waals surface area contributed by atoms with Gasteiger partial charge in [0, 0.05) is 19.1 Å². The van der Waals surface area contributed by atoms with Crippen LogP contribution in [0.5, 0.6) is 0 Å². The minimum Gasteiger partial charge on any atom is -0.366 e. The van der Waals surface area contributed by atoms with Crippen molar-refractivity contribution in [2.24, 2.45) is 0 Å². The Hall–Kier alpha value is -1.24. The standard InChI is InChI=1S/C14H18ClN3/c1-2-18(11-5-4-8-17-10-11)14-7-3-6-13(15)12(14)9-16/h3,6-7,11,17H,2,4-5,8,10H2,1H3. The maximum Gasteiger partial charge on any atom is 0.103 e. The normalized spacial score (nSPS) is 19.3. The lowest BCUT2D eigenvalue weighted by atomic mass is 10.0. The molecule has 4 heteroatoms. The van der Waals surface area contributed by atoms with E-state index in [4.69, 9.17) is 11.6 Å². The van der Waals surface area contributed by atoms with Crippen LogP contribution in [0.15, 0.2) is 18.2 Å². The van der Waals surface area contributed by atoms with E-state index in [2.05, 4.69) is 23.2 Å². The molecular formula is C14H18ClN3. The summed E-state index contributed by atoms with van der Waals surface area (Å²) in [7, 11) is 0. The number of nitriles is 1. The van der Waals surface area contributed by atoms with E-state index in [1.165, 1.54) is 6.42 Å². The van der Waals surface area contributed by atoms with Crippen LogP contribution < -0.4 is 10.2 Å². The van der Waals surface area contributed by atoms with E-state index in [-0.39, 0.29) is 0 Å². The van der Waals surface area contributed by atoms with Crippen molar-refractivity contribution >= 4 is 17.3 Å². The fraction of sp³-hybridized carbons (Fsp3) is 0.500. The fourth-order valence-electron chi connectivity index (χ4n) is 2.59. The molecule has 18 heavy (non-hydrogen) atoms. The smallest absolute Gasteiger partial charge is 0.103 e. The van der Waals surface area contributed by atoms with Gasteiger partial charge in [-0.05, 0) is 38.4 Å². The lowest BCUT2D eigenvalue weighted by molar-refractivity contribution is 0.435. The Bertz CT molecular complexity index is 447. The Kier molecular flexibility index (Phi) is 4.46. The van der Waals surface area contributed by atoms with Crippen LogP contribution in [-0.2, 0) is 0 Å². The minimum atomic E-state index is 0.453. The molecule has 0 amide bonds. The van der Waals surface area contributed by atoms with Crippen molar-refractivity contribution in [2.45, 2.75) is 25.8 Å². The number of nitrogens with zero attached hydrogens (tertiary/aromatic N) is 2. The van der Waals surface area contributed by atoms with Crippen LogP contribution in [0, 0.1) is 11.3 Å². The fourth-order valence-corrected chi connectivity index (χ4v) is 2.80. The van der Waals surface area contributed by atoms with Gasteiger partial charge < -0.3 is 10.2 Å². The highest BCUT2D eigenvalue weighted by atomic mass is 35.5. The lowest BCUT2D eigenvalue weighted by Gasteiger charge is -2.36. The lowest BCUT2D eigenvalue weighted by Crippen LogP contribution is -2.46. The quantitative estimate of drug-likeness (QED) is 0.912. The van der Waals surface area contributed by atoms with Crippen LogP contribution in [0.2, 0.25) is 5.02 Å². The summed E-state index contributed by atoms with van der Waals surface area (Å²) in [6.45, 7) is 5.08. The molecule has 1 N–H and O–H groups in total. The van der Waals surface area contributed by atoms with E-state index in [1.54, 1.807) is 6.07 Å². The van der Waals surface area contributed by atoms with E-state index < -0.39 is 0 Å². The zero-order valence-electron chi connectivity index (χ0n) is 10.6. The number of nitrogens with one attached hydrogen (secondary N) is 1. The summed E-state index contributed by atoms with van der Waals surface area (Å²) in [5.41, 5.74) is 1.55. The number of halogens is 1. The summed E-state index contributed by atoms with van der Waals surface area (Å²) in [4.78, 5) is 2.29. The van der Waals surface area contributed by atoms with Gasteiger partial charge in [-0.3, -0.25) is 0 Å². The van der Waals surface area contributed by atoms with Crippen LogP contribution in [0.3, 0.4) is 0 Å². The highest BCUT2D eigenvalue weighted by molar-refractivity contribution is 6.32. The molecule has 1 heterocycles. The van der Waals surface area contributed by atoms with Crippen LogP contribution in [0.4, 0.5) is 5.69 Å². The van der Waals surface area contributed by atoms with Crippen molar-refractivity contribution in [3.05, 3.63) is 28.8 Å². The monoisotopic (exact) mass is 263 g/mol. The van der Waals surface area contributed by atoms with E-state index >= 15 is 0 Å². The van der Waals surface area contributed by atoms with Gasteiger partial charge in [0.15, 0.2) is 0 Å². The third-order valence-corrected chi connectivity index (χ3v) is 3.78. The molecule has 0 bridgehead atoms. The van der Waals surface area contributed by atoms with Crippen molar-refractivity contribution in [1.82, 2.24) is 5.32 Å². The molecular weight excluding hydrogens is 246 g/mol. The summed E-state index contributed by atoms with van der Waals surface area (Å²) in [6.07, 6.45) is 2.35. The van der Waals surface area contributed by atoms with Gasteiger partial charge in [0.25, 0.3) is 0 Å². The molecule has 1 aromatic carbocycles. The van der Waals surface area contributed by atoms with Gasteiger partial charge in [-0.2, -0.15) is 5.26 Å². The molecule has 1 fully saturated rings. The zero-order chi connectivity index (χ0) is 13.0. The molecule has 3 nitrogen and oxygen atoms in total. The molecule has 1 aliphatic rings. The number of hydrogen-bond donors (Lipinski definition) is 1. The van der Waals surface area contributed by atoms with Crippen molar-refractivity contribution in [2.75, 3.05) is 24.5 Å².